The zero-order chi connectivity index (χ0) is 18.8. The highest BCUT2D eigenvalue weighted by atomic mass is 16.4. The number of aromatic nitrogens is 3. The first-order chi connectivity index (χ1) is 13.2. The number of nitriles is 1. The lowest BCUT2D eigenvalue weighted by Gasteiger charge is -2.36. The quantitative estimate of drug-likeness (QED) is 0.699. The van der Waals surface area contributed by atoms with Gasteiger partial charge in [0.2, 0.25) is 17.7 Å². The van der Waals surface area contributed by atoms with E-state index < -0.39 is 0 Å². The molecular weight excluding hydrogens is 344 g/mol. The lowest BCUT2D eigenvalue weighted by molar-refractivity contribution is -0.131. The first kappa shape index (κ1) is 17.0. The second kappa shape index (κ2) is 7.03. The fourth-order valence-electron chi connectivity index (χ4n) is 3.38. The summed E-state index contributed by atoms with van der Waals surface area (Å²) >= 11 is 0. The van der Waals surface area contributed by atoms with Crippen LogP contribution in [0, 0.1) is 18.3 Å². The van der Waals surface area contributed by atoms with Crippen LogP contribution in [0.5, 0.6) is 0 Å². The fourth-order valence-corrected chi connectivity index (χ4v) is 3.38. The van der Waals surface area contributed by atoms with Crippen molar-refractivity contribution in [1.82, 2.24) is 20.1 Å². The Balaban J connectivity index is 1.50. The molecule has 0 N–H and O–H groups in total. The van der Waals surface area contributed by atoms with E-state index in [0.29, 0.717) is 43.5 Å². The summed E-state index contributed by atoms with van der Waals surface area (Å²) in [5.41, 5.74) is 2.30. The summed E-state index contributed by atoms with van der Waals surface area (Å²) in [6, 6.07) is 10.0. The Kier molecular flexibility index (Phi) is 4.42. The normalized spacial score (nSPS) is 14.4. The minimum Gasteiger partial charge on any atom is -0.425 e. The number of hydrogen-bond donors (Lipinski definition) is 0. The van der Waals surface area contributed by atoms with Crippen molar-refractivity contribution in [2.75, 3.05) is 31.1 Å². The largest absolute Gasteiger partial charge is 0.425 e. The molecule has 8 nitrogen and oxygen atoms in total. The minimum absolute atomic E-state index is 0.0293. The fraction of sp³-hybridized carbons (Fsp3) is 0.316. The third-order valence-corrected chi connectivity index (χ3v) is 4.69. The molecule has 2 aromatic heterocycles. The summed E-state index contributed by atoms with van der Waals surface area (Å²) in [5, 5.41) is 18.1. The topological polar surface area (TPSA) is 99.2 Å². The number of rotatable bonds is 3. The van der Waals surface area contributed by atoms with E-state index in [0.717, 1.165) is 16.6 Å². The number of para-hydroxylation sites is 1. The van der Waals surface area contributed by atoms with Crippen LogP contribution in [0.25, 0.3) is 10.9 Å². The van der Waals surface area contributed by atoms with Crippen molar-refractivity contribution in [3.8, 4) is 6.07 Å². The average molecular weight is 362 g/mol. The van der Waals surface area contributed by atoms with Crippen LogP contribution in [0.15, 0.2) is 34.9 Å². The van der Waals surface area contributed by atoms with Crippen molar-refractivity contribution in [2.24, 2.45) is 0 Å². The second-order valence-corrected chi connectivity index (χ2v) is 6.41. The van der Waals surface area contributed by atoms with E-state index in [4.69, 9.17) is 4.42 Å². The summed E-state index contributed by atoms with van der Waals surface area (Å²) in [7, 11) is 0. The van der Waals surface area contributed by atoms with Crippen molar-refractivity contribution in [3.05, 3.63) is 47.8 Å². The zero-order valence-corrected chi connectivity index (χ0v) is 14.9. The number of pyridine rings is 1. The Morgan fingerprint density at radius 1 is 1.22 bits per heavy atom. The maximum Gasteiger partial charge on any atom is 0.232 e. The lowest BCUT2D eigenvalue weighted by Crippen LogP contribution is -2.49. The highest BCUT2D eigenvalue weighted by Crippen LogP contribution is 2.30. The van der Waals surface area contributed by atoms with Gasteiger partial charge in [-0.15, -0.1) is 10.2 Å². The average Bonchev–Trinajstić information content (AvgIpc) is 3.11. The molecular formula is C19H18N6O2. The number of carbonyl (C=O) groups excluding carboxylic acids is 1. The predicted molar refractivity (Wildman–Crippen MR) is 98.0 cm³/mol. The van der Waals surface area contributed by atoms with Crippen LogP contribution in [-0.4, -0.2) is 52.2 Å². The Labute approximate surface area is 156 Å². The van der Waals surface area contributed by atoms with Crippen molar-refractivity contribution >= 4 is 22.5 Å². The van der Waals surface area contributed by atoms with E-state index in [1.807, 2.05) is 24.3 Å². The summed E-state index contributed by atoms with van der Waals surface area (Å²) in [5.74, 6) is 0.765. The number of anilines is 1. The molecule has 136 valence electrons. The number of piperazine rings is 1. The molecule has 1 amide bonds. The first-order valence-corrected chi connectivity index (χ1v) is 8.75. The maximum absolute atomic E-state index is 12.5. The molecule has 1 fully saturated rings. The van der Waals surface area contributed by atoms with Crippen molar-refractivity contribution in [2.45, 2.75) is 13.3 Å². The van der Waals surface area contributed by atoms with Crippen LogP contribution in [0.4, 0.5) is 5.69 Å². The first-order valence-electron chi connectivity index (χ1n) is 8.75. The molecule has 3 heterocycles. The third kappa shape index (κ3) is 3.31. The molecule has 4 rings (SSSR count). The van der Waals surface area contributed by atoms with Gasteiger partial charge in [-0.25, -0.2) is 0 Å². The maximum atomic E-state index is 12.5. The summed E-state index contributed by atoms with van der Waals surface area (Å²) < 4.78 is 5.29. The summed E-state index contributed by atoms with van der Waals surface area (Å²) in [6.45, 7) is 4.15. The smallest absolute Gasteiger partial charge is 0.232 e. The molecule has 1 saturated heterocycles. The Hall–Kier alpha value is -3.47. The number of nitrogens with zero attached hydrogens (tertiary/aromatic N) is 6. The van der Waals surface area contributed by atoms with E-state index in [9.17, 15) is 10.1 Å². The van der Waals surface area contributed by atoms with Crippen LogP contribution in [-0.2, 0) is 11.2 Å². The number of benzene rings is 1. The van der Waals surface area contributed by atoms with E-state index in [1.165, 1.54) is 0 Å². The zero-order valence-electron chi connectivity index (χ0n) is 14.9. The van der Waals surface area contributed by atoms with Crippen molar-refractivity contribution < 1.29 is 9.21 Å². The Morgan fingerprint density at radius 2 is 2.00 bits per heavy atom. The monoisotopic (exact) mass is 362 g/mol. The predicted octanol–water partition coefficient (Wildman–Crippen LogP) is 1.69. The molecule has 3 aromatic rings. The number of carbonyl (C=O) groups is 1. The minimum atomic E-state index is -0.0293. The third-order valence-electron chi connectivity index (χ3n) is 4.69. The lowest BCUT2D eigenvalue weighted by atomic mass is 10.1. The van der Waals surface area contributed by atoms with E-state index in [1.54, 1.807) is 18.0 Å². The number of aryl methyl sites for hydroxylation is 1. The number of amides is 1. The van der Waals surface area contributed by atoms with Gasteiger partial charge in [0.1, 0.15) is 12.5 Å². The van der Waals surface area contributed by atoms with Gasteiger partial charge in [0, 0.05) is 44.7 Å². The van der Waals surface area contributed by atoms with Crippen molar-refractivity contribution in [1.29, 1.82) is 5.26 Å². The summed E-state index contributed by atoms with van der Waals surface area (Å²) in [6.07, 6.45) is 1.73. The van der Waals surface area contributed by atoms with E-state index in [2.05, 4.69) is 26.2 Å². The molecule has 1 aliphatic rings. The Bertz CT molecular complexity index is 1030. The SMILES string of the molecule is Cc1nnc(CC(=O)N2CCN(c3c(C#N)cnc4ccccc34)CC2)o1. The van der Waals surface area contributed by atoms with E-state index >= 15 is 0 Å². The molecule has 0 bridgehead atoms. The molecule has 1 aliphatic heterocycles. The Morgan fingerprint density at radius 3 is 2.70 bits per heavy atom. The number of fused-ring (bicyclic) bond motifs is 1. The van der Waals surface area contributed by atoms with Gasteiger partial charge in [-0.1, -0.05) is 18.2 Å². The van der Waals surface area contributed by atoms with Gasteiger partial charge in [0.25, 0.3) is 0 Å². The van der Waals surface area contributed by atoms with E-state index in [-0.39, 0.29) is 12.3 Å². The molecule has 8 heteroatoms. The highest BCUT2D eigenvalue weighted by Gasteiger charge is 2.25. The van der Waals surface area contributed by atoms with Gasteiger partial charge in [-0.05, 0) is 6.07 Å². The second-order valence-electron chi connectivity index (χ2n) is 6.41. The van der Waals surface area contributed by atoms with Crippen LogP contribution < -0.4 is 4.90 Å². The molecule has 0 atom stereocenters. The van der Waals surface area contributed by atoms with Gasteiger partial charge in [0.05, 0.1) is 16.8 Å². The van der Waals surface area contributed by atoms with Crippen molar-refractivity contribution in [3.63, 3.8) is 0 Å². The molecule has 0 radical (unpaired) electrons. The number of hydrogen-bond acceptors (Lipinski definition) is 7. The van der Waals surface area contributed by atoms with Gasteiger partial charge in [-0.2, -0.15) is 5.26 Å². The van der Waals surface area contributed by atoms with Crippen LogP contribution >= 0.6 is 0 Å². The van der Waals surface area contributed by atoms with Crippen LogP contribution in [0.2, 0.25) is 0 Å². The van der Waals surface area contributed by atoms with Gasteiger partial charge in [-0.3, -0.25) is 9.78 Å². The molecule has 0 aliphatic carbocycles. The molecule has 0 saturated carbocycles. The molecule has 0 unspecified atom stereocenters. The standard InChI is InChI=1S/C19H18N6O2/c1-13-22-23-17(27-13)10-18(26)24-6-8-25(9-7-24)19-14(11-20)12-21-16-5-3-2-4-15(16)19/h2-5,12H,6-10H2,1H3. The van der Waals surface area contributed by atoms with Gasteiger partial charge in [0.15, 0.2) is 0 Å². The summed E-state index contributed by atoms with van der Waals surface area (Å²) in [4.78, 5) is 20.8. The molecule has 1 aromatic carbocycles. The van der Waals surface area contributed by atoms with Gasteiger partial charge >= 0.3 is 0 Å². The molecule has 27 heavy (non-hydrogen) atoms. The highest BCUT2D eigenvalue weighted by molar-refractivity contribution is 5.94. The molecule has 0 spiro atoms. The van der Waals surface area contributed by atoms with Gasteiger partial charge < -0.3 is 14.2 Å². The van der Waals surface area contributed by atoms with Crippen LogP contribution in [0.1, 0.15) is 17.3 Å². The van der Waals surface area contributed by atoms with Crippen LogP contribution in [0.3, 0.4) is 0 Å².